The summed E-state index contributed by atoms with van der Waals surface area (Å²) in [6, 6.07) is 5.61. The molecule has 9 nitrogen and oxygen atoms in total. The number of hydrogen-bond donors (Lipinski definition) is 6. The van der Waals surface area contributed by atoms with Gasteiger partial charge in [0.05, 0.1) is 28.2 Å². The number of carbonyl (C=O) groups excluding carboxylic acids is 1. The number of alkyl halides is 2. The van der Waals surface area contributed by atoms with E-state index in [-0.39, 0.29) is 12.1 Å². The number of allylic oxidation sites excluding steroid dienone is 3. The van der Waals surface area contributed by atoms with Crippen LogP contribution < -0.4 is 38.9 Å². The Balaban J connectivity index is 2.25. The van der Waals surface area contributed by atoms with Crippen molar-refractivity contribution in [2.24, 2.45) is 22.2 Å². The number of anilines is 1. The van der Waals surface area contributed by atoms with Crippen molar-refractivity contribution in [1.82, 2.24) is 9.97 Å². The van der Waals surface area contributed by atoms with Crippen LogP contribution >= 0.6 is 9.24 Å². The van der Waals surface area contributed by atoms with Gasteiger partial charge in [-0.2, -0.15) is 0 Å². The van der Waals surface area contributed by atoms with E-state index < -0.39 is 29.9 Å². The highest BCUT2D eigenvalue weighted by Gasteiger charge is 2.19. The number of aromatic nitrogens is 2. The number of primary amides is 1. The van der Waals surface area contributed by atoms with Gasteiger partial charge in [-0.15, -0.1) is 0 Å². The maximum absolute atomic E-state index is 14.7. The Bertz CT molecular complexity index is 1760. The van der Waals surface area contributed by atoms with Crippen LogP contribution in [0.15, 0.2) is 52.9 Å². The summed E-state index contributed by atoms with van der Waals surface area (Å²) in [7, 11) is 2.44. The van der Waals surface area contributed by atoms with Gasteiger partial charge >= 0.3 is 0 Å². The highest BCUT2D eigenvalue weighted by atomic mass is 31.0. The van der Waals surface area contributed by atoms with Gasteiger partial charge in [-0.1, -0.05) is 21.7 Å². The van der Waals surface area contributed by atoms with Crippen LogP contribution in [-0.2, 0) is 11.2 Å². The lowest BCUT2D eigenvalue weighted by Crippen LogP contribution is -2.33. The lowest BCUT2D eigenvalue weighted by atomic mass is 10.0. The van der Waals surface area contributed by atoms with Crippen molar-refractivity contribution in [2.75, 3.05) is 5.73 Å². The number of pyridine rings is 1. The summed E-state index contributed by atoms with van der Waals surface area (Å²) < 4.78 is 39.9. The molecule has 3 aromatic rings. The van der Waals surface area contributed by atoms with E-state index in [1.54, 1.807) is 31.2 Å². The molecule has 0 saturated heterocycles. The van der Waals surface area contributed by atoms with Gasteiger partial charge < -0.3 is 33.3 Å². The van der Waals surface area contributed by atoms with E-state index in [4.69, 9.17) is 28.3 Å². The largest absolute Gasteiger partial charge is 0.398 e. The molecule has 3 rings (SSSR count). The van der Waals surface area contributed by atoms with Crippen LogP contribution in [0.3, 0.4) is 0 Å². The molecule has 222 valence electrons. The summed E-state index contributed by atoms with van der Waals surface area (Å²) in [5.41, 5.74) is 26.5. The minimum Gasteiger partial charge on any atom is -0.398 e. The van der Waals surface area contributed by atoms with Crippen LogP contribution in [0.4, 0.5) is 18.9 Å². The van der Waals surface area contributed by atoms with Crippen molar-refractivity contribution in [3.05, 3.63) is 75.3 Å². The van der Waals surface area contributed by atoms with E-state index in [9.17, 15) is 18.0 Å². The number of nitrogens with one attached hydrogen (secondary N) is 2. The Morgan fingerprint density at radius 3 is 2.48 bits per heavy atom. The van der Waals surface area contributed by atoms with E-state index in [2.05, 4.69) is 24.2 Å². The van der Waals surface area contributed by atoms with Crippen molar-refractivity contribution in [3.8, 4) is 0 Å². The first-order chi connectivity index (χ1) is 19.8. The second kappa shape index (κ2) is 13.6. The van der Waals surface area contributed by atoms with Crippen molar-refractivity contribution in [1.29, 1.82) is 5.41 Å². The van der Waals surface area contributed by atoms with Crippen molar-refractivity contribution >= 4 is 60.4 Å². The summed E-state index contributed by atoms with van der Waals surface area (Å²) in [6.07, 6.45) is 0.342. The van der Waals surface area contributed by atoms with Crippen LogP contribution in [0.5, 0.6) is 0 Å². The molecule has 1 amide bonds. The molecule has 0 saturated carbocycles. The van der Waals surface area contributed by atoms with Crippen molar-refractivity contribution < 1.29 is 18.0 Å². The zero-order valence-electron chi connectivity index (χ0n) is 23.4. The molecule has 0 fully saturated rings. The molecule has 13 heteroatoms. The fraction of sp³-hybridized carbons (Fsp3) is 0.241. The van der Waals surface area contributed by atoms with E-state index in [0.717, 1.165) is 23.9 Å². The lowest BCUT2D eigenvalue weighted by Gasteiger charge is -2.14. The molecular weight excluding hydrogens is 564 g/mol. The number of rotatable bonds is 10. The minimum atomic E-state index is -2.92. The number of aliphatic imine (C=N–C) groups is 1. The van der Waals surface area contributed by atoms with Gasteiger partial charge in [-0.3, -0.25) is 9.78 Å². The number of halogens is 3. The highest BCUT2D eigenvalue weighted by molar-refractivity contribution is 7.26. The average Bonchev–Trinajstić information content (AvgIpc) is 3.32. The second-order valence-electron chi connectivity index (χ2n) is 9.61. The molecule has 2 aromatic heterocycles. The predicted molar refractivity (Wildman–Crippen MR) is 167 cm³/mol. The lowest BCUT2D eigenvalue weighted by molar-refractivity contribution is -0.113. The summed E-state index contributed by atoms with van der Waals surface area (Å²) in [5.74, 6) is -1.67. The van der Waals surface area contributed by atoms with Crippen LogP contribution in [-0.4, -0.2) is 40.3 Å². The predicted octanol–water partition coefficient (Wildman–Crippen LogP) is 2.16. The number of aromatic amines is 1. The van der Waals surface area contributed by atoms with Gasteiger partial charge in [-0.05, 0) is 56.7 Å². The standard InChI is InChI=1S/C29H34F3N8OP/c1-4-13(2)24-25-16(12-33)18(34)8-9-21(25)40-26(24)27(29(37)41)38-14(3)15-5-10-23(42)39-22(15)11-20(36)17(30)6-7-19(35)28(31)32/h5-10,12,20,28,33,40H,4,11,34-36,42H2,1-3H3,(H2,37,41)/b17-6+,19-7-,24-13+,27-26+,33-12?,38-14?. The molecule has 0 aliphatic rings. The Kier molecular flexibility index (Phi) is 10.4. The molecule has 2 atom stereocenters. The number of amides is 1. The molecule has 0 aliphatic heterocycles. The number of nitrogens with zero attached hydrogens (tertiary/aromatic N) is 2. The van der Waals surface area contributed by atoms with Gasteiger partial charge in [0.1, 0.15) is 5.83 Å². The van der Waals surface area contributed by atoms with Gasteiger partial charge in [0, 0.05) is 51.3 Å². The monoisotopic (exact) mass is 598 g/mol. The van der Waals surface area contributed by atoms with Gasteiger partial charge in [-0.25, -0.2) is 18.2 Å². The minimum absolute atomic E-state index is 0.0649. The second-order valence-corrected chi connectivity index (χ2v) is 10.2. The quantitative estimate of drug-likeness (QED) is 0.0902. The first-order valence-electron chi connectivity index (χ1n) is 12.9. The molecule has 42 heavy (non-hydrogen) atoms. The Labute approximate surface area is 243 Å². The number of benzene rings is 1. The first kappa shape index (κ1) is 32.2. The van der Waals surface area contributed by atoms with E-state index >= 15 is 0 Å². The molecule has 0 aliphatic carbocycles. The normalized spacial score (nSPS) is 15.2. The number of carbonyl (C=O) groups is 1. The van der Waals surface area contributed by atoms with E-state index in [1.165, 1.54) is 0 Å². The van der Waals surface area contributed by atoms with Gasteiger partial charge in [0.25, 0.3) is 12.3 Å². The maximum Gasteiger partial charge on any atom is 0.277 e. The topological polar surface area (TPSA) is 186 Å². The van der Waals surface area contributed by atoms with Crippen molar-refractivity contribution in [3.63, 3.8) is 0 Å². The third kappa shape index (κ3) is 6.95. The maximum atomic E-state index is 14.7. The van der Waals surface area contributed by atoms with Crippen LogP contribution in [0.25, 0.3) is 22.2 Å². The summed E-state index contributed by atoms with van der Waals surface area (Å²) >= 11 is 0. The summed E-state index contributed by atoms with van der Waals surface area (Å²) in [6.45, 7) is 5.52. The smallest absolute Gasteiger partial charge is 0.277 e. The number of fused-ring (bicyclic) bond motifs is 1. The Morgan fingerprint density at radius 2 is 1.88 bits per heavy atom. The average molecular weight is 599 g/mol. The molecule has 10 N–H and O–H groups in total. The molecule has 0 radical (unpaired) electrons. The molecule has 0 spiro atoms. The van der Waals surface area contributed by atoms with Gasteiger partial charge in [0.2, 0.25) is 0 Å². The molecular formula is C29H34F3N8OP. The highest BCUT2D eigenvalue weighted by Crippen LogP contribution is 2.20. The molecule has 0 bridgehead atoms. The fourth-order valence-electron chi connectivity index (χ4n) is 4.41. The van der Waals surface area contributed by atoms with Crippen LogP contribution in [0.1, 0.15) is 44.0 Å². The molecule has 2 unspecified atom stereocenters. The van der Waals surface area contributed by atoms with Gasteiger partial charge in [0.15, 0.2) is 5.70 Å². The van der Waals surface area contributed by atoms with Crippen molar-refractivity contribution in [2.45, 2.75) is 46.1 Å². The number of nitrogen functional groups attached to an aromatic ring is 1. The molecule has 2 heterocycles. The summed E-state index contributed by atoms with van der Waals surface area (Å²) in [4.78, 5) is 25.1. The summed E-state index contributed by atoms with van der Waals surface area (Å²) in [5, 5.41) is 9.66. The number of hydrogen-bond acceptors (Lipinski definition) is 7. The zero-order chi connectivity index (χ0) is 31.3. The van der Waals surface area contributed by atoms with E-state index in [1.807, 2.05) is 13.8 Å². The van der Waals surface area contributed by atoms with E-state index in [0.29, 0.717) is 61.5 Å². The zero-order valence-corrected chi connectivity index (χ0v) is 24.6. The third-order valence-corrected chi connectivity index (χ3v) is 7.05. The van der Waals surface area contributed by atoms with Crippen LogP contribution in [0.2, 0.25) is 0 Å². The number of nitrogens with two attached hydrogens (primary N) is 4. The Hall–Kier alpha value is -4.28. The third-order valence-electron chi connectivity index (χ3n) is 6.73. The Morgan fingerprint density at radius 1 is 1.19 bits per heavy atom. The number of H-pyrrole nitrogens is 1. The SMILES string of the molecule is CC/C(C)=c1/c(=C(\N=C(C)c2ccc(P)nc2CC(N)/C(F)=C\C=C(/N)C(F)F)C(N)=O)[nH]c2ccc(N)c(C=N)c12. The fourth-order valence-corrected chi connectivity index (χ4v) is 4.66. The van der Waals surface area contributed by atoms with Crippen LogP contribution in [0, 0.1) is 5.41 Å². The first-order valence-corrected chi connectivity index (χ1v) is 13.5. The molecule has 1 aromatic carbocycles.